The second kappa shape index (κ2) is 8.60. The first-order chi connectivity index (χ1) is 13.7. The summed E-state index contributed by atoms with van der Waals surface area (Å²) < 4.78 is 39.5. The summed E-state index contributed by atoms with van der Waals surface area (Å²) in [5.74, 6) is -1.39. The van der Waals surface area contributed by atoms with E-state index in [4.69, 9.17) is 0 Å². The van der Waals surface area contributed by atoms with Gasteiger partial charge in [-0.15, -0.1) is 0 Å². The summed E-state index contributed by atoms with van der Waals surface area (Å²) in [6.45, 7) is 0.834. The summed E-state index contributed by atoms with van der Waals surface area (Å²) in [7, 11) is -1.39. The maximum absolute atomic E-state index is 14.1. The third-order valence-corrected chi connectivity index (χ3v) is 7.35. The minimum Gasteiger partial charge on any atom is -0.349 e. The van der Waals surface area contributed by atoms with Crippen LogP contribution in [0.3, 0.4) is 0 Å². The molecule has 0 spiro atoms. The van der Waals surface area contributed by atoms with Gasteiger partial charge in [-0.2, -0.15) is 11.3 Å². The Kier molecular flexibility index (Phi) is 6.35. The molecule has 2 amide bonds. The van der Waals surface area contributed by atoms with Gasteiger partial charge in [0.25, 0.3) is 11.8 Å². The van der Waals surface area contributed by atoms with Crippen molar-refractivity contribution in [3.63, 3.8) is 0 Å². The van der Waals surface area contributed by atoms with Gasteiger partial charge in [0.1, 0.15) is 10.7 Å². The van der Waals surface area contributed by atoms with Gasteiger partial charge in [0.2, 0.25) is 10.0 Å². The number of hydrogen-bond donors (Lipinski definition) is 1. The predicted molar refractivity (Wildman–Crippen MR) is 108 cm³/mol. The lowest BCUT2D eigenvalue weighted by molar-refractivity contribution is 0.0698. The van der Waals surface area contributed by atoms with E-state index in [-0.39, 0.29) is 23.4 Å². The molecular weight excluding hydrogens is 417 g/mol. The summed E-state index contributed by atoms with van der Waals surface area (Å²) in [5.41, 5.74) is 0.738. The van der Waals surface area contributed by atoms with E-state index in [0.717, 1.165) is 16.4 Å². The van der Waals surface area contributed by atoms with Crippen LogP contribution in [-0.2, 0) is 10.0 Å². The van der Waals surface area contributed by atoms with Crippen molar-refractivity contribution < 1.29 is 22.4 Å². The van der Waals surface area contributed by atoms with Crippen molar-refractivity contribution in [3.8, 4) is 0 Å². The van der Waals surface area contributed by atoms with Gasteiger partial charge in [-0.3, -0.25) is 9.59 Å². The fourth-order valence-corrected chi connectivity index (χ4v) is 4.72. The molecule has 0 aliphatic carbocycles. The Hall–Kier alpha value is -2.30. The van der Waals surface area contributed by atoms with Crippen molar-refractivity contribution in [2.45, 2.75) is 23.8 Å². The van der Waals surface area contributed by atoms with Gasteiger partial charge < -0.3 is 10.2 Å². The third-order valence-electron chi connectivity index (χ3n) is 4.84. The molecule has 10 heteroatoms. The van der Waals surface area contributed by atoms with Crippen LogP contribution >= 0.6 is 11.3 Å². The molecule has 2 aromatic rings. The van der Waals surface area contributed by atoms with E-state index in [1.807, 2.05) is 5.38 Å². The van der Waals surface area contributed by atoms with E-state index in [2.05, 4.69) is 5.32 Å². The zero-order valence-corrected chi connectivity index (χ0v) is 17.7. The number of sulfonamides is 1. The smallest absolute Gasteiger partial charge is 0.253 e. The molecule has 1 aromatic carbocycles. The van der Waals surface area contributed by atoms with Crippen LogP contribution in [0.1, 0.15) is 33.6 Å². The Morgan fingerprint density at radius 3 is 2.45 bits per heavy atom. The van der Waals surface area contributed by atoms with Gasteiger partial charge in [0.05, 0.1) is 0 Å². The number of thiophene rings is 1. The molecule has 7 nitrogen and oxygen atoms in total. The first-order valence-electron chi connectivity index (χ1n) is 9.04. The second-order valence-corrected chi connectivity index (χ2v) is 9.88. The summed E-state index contributed by atoms with van der Waals surface area (Å²) in [6, 6.07) is 5.09. The average Bonchev–Trinajstić information content (AvgIpc) is 3.23. The Morgan fingerprint density at radius 1 is 1.17 bits per heavy atom. The van der Waals surface area contributed by atoms with Crippen LogP contribution < -0.4 is 5.32 Å². The lowest BCUT2D eigenvalue weighted by Crippen LogP contribution is -2.46. The van der Waals surface area contributed by atoms with Gasteiger partial charge in [-0.05, 0) is 42.5 Å². The van der Waals surface area contributed by atoms with Crippen molar-refractivity contribution in [1.82, 2.24) is 14.5 Å². The molecule has 1 N–H and O–H groups in total. The molecule has 0 atom stereocenters. The highest BCUT2D eigenvalue weighted by Gasteiger charge is 2.28. The van der Waals surface area contributed by atoms with E-state index < -0.39 is 20.7 Å². The molecule has 156 valence electrons. The fraction of sp³-hybridized carbons (Fsp3) is 0.368. The first-order valence-corrected chi connectivity index (χ1v) is 11.4. The highest BCUT2D eigenvalue weighted by atomic mass is 32.2. The molecule has 0 radical (unpaired) electrons. The number of benzene rings is 1. The van der Waals surface area contributed by atoms with Crippen molar-refractivity contribution in [2.24, 2.45) is 0 Å². The number of hydrogen-bond acceptors (Lipinski definition) is 5. The predicted octanol–water partition coefficient (Wildman–Crippen LogP) is 2.17. The largest absolute Gasteiger partial charge is 0.349 e. The Labute approximate surface area is 173 Å². The number of halogens is 1. The molecule has 29 heavy (non-hydrogen) atoms. The molecule has 1 aromatic heterocycles. The molecule has 1 fully saturated rings. The molecule has 2 heterocycles. The molecule has 1 aliphatic rings. The van der Waals surface area contributed by atoms with Crippen molar-refractivity contribution in [1.29, 1.82) is 0 Å². The van der Waals surface area contributed by atoms with E-state index in [0.29, 0.717) is 31.5 Å². The second-order valence-electron chi connectivity index (χ2n) is 6.98. The van der Waals surface area contributed by atoms with Crippen LogP contribution in [0.2, 0.25) is 0 Å². The van der Waals surface area contributed by atoms with E-state index in [1.165, 1.54) is 31.5 Å². The molecule has 1 aliphatic heterocycles. The zero-order valence-electron chi connectivity index (χ0n) is 16.1. The number of nitrogens with zero attached hydrogens (tertiary/aromatic N) is 2. The minimum atomic E-state index is -4.00. The van der Waals surface area contributed by atoms with Crippen molar-refractivity contribution in [3.05, 3.63) is 52.0 Å². The maximum atomic E-state index is 14.1. The third kappa shape index (κ3) is 4.65. The Balaban J connectivity index is 1.66. The SMILES string of the molecule is CN(C)S(=O)(=O)c1cc(C(=O)N2CCC(NC(=O)c3ccsc3)CC2)ccc1F. The van der Waals surface area contributed by atoms with Gasteiger partial charge in [-0.25, -0.2) is 17.1 Å². The number of carbonyl (C=O) groups excluding carboxylic acids is 2. The number of piperidine rings is 1. The number of nitrogens with one attached hydrogen (secondary N) is 1. The van der Waals surface area contributed by atoms with E-state index in [9.17, 15) is 22.4 Å². The zero-order chi connectivity index (χ0) is 21.2. The van der Waals surface area contributed by atoms with Crippen LogP contribution in [0.4, 0.5) is 4.39 Å². The molecular formula is C19H22FN3O4S2. The highest BCUT2D eigenvalue weighted by molar-refractivity contribution is 7.89. The summed E-state index contributed by atoms with van der Waals surface area (Å²) in [6.07, 6.45) is 1.18. The number of likely N-dealkylation sites (tertiary alicyclic amines) is 1. The molecule has 1 saturated heterocycles. The van der Waals surface area contributed by atoms with Crippen molar-refractivity contribution >= 4 is 33.2 Å². The van der Waals surface area contributed by atoms with E-state index >= 15 is 0 Å². The van der Waals surface area contributed by atoms with E-state index in [1.54, 1.807) is 16.3 Å². The number of amides is 2. The lowest BCUT2D eigenvalue weighted by atomic mass is 10.0. The summed E-state index contributed by atoms with van der Waals surface area (Å²) in [5, 5.41) is 6.58. The molecule has 0 bridgehead atoms. The van der Waals surface area contributed by atoms with Gasteiger partial charge in [0.15, 0.2) is 0 Å². The maximum Gasteiger partial charge on any atom is 0.253 e. The number of carbonyl (C=O) groups is 2. The van der Waals surface area contributed by atoms with Crippen LogP contribution in [-0.4, -0.2) is 62.7 Å². The fourth-order valence-electron chi connectivity index (χ4n) is 3.10. The first kappa shape index (κ1) is 21.4. The van der Waals surface area contributed by atoms with Gasteiger partial charge >= 0.3 is 0 Å². The van der Waals surface area contributed by atoms with Gasteiger partial charge in [0, 0.05) is 49.7 Å². The highest BCUT2D eigenvalue weighted by Crippen LogP contribution is 2.21. The standard InChI is InChI=1S/C19H22FN3O4S2/c1-22(2)29(26,27)17-11-13(3-4-16(17)20)19(25)23-8-5-15(6-9-23)21-18(24)14-7-10-28-12-14/h3-4,7,10-12,15H,5-6,8-9H2,1-2H3,(H,21,24). The molecule has 0 saturated carbocycles. The van der Waals surface area contributed by atoms with Crippen LogP contribution in [0, 0.1) is 5.82 Å². The molecule has 3 rings (SSSR count). The van der Waals surface area contributed by atoms with Crippen LogP contribution in [0.5, 0.6) is 0 Å². The van der Waals surface area contributed by atoms with Gasteiger partial charge in [-0.1, -0.05) is 0 Å². The number of rotatable bonds is 5. The lowest BCUT2D eigenvalue weighted by Gasteiger charge is -2.32. The summed E-state index contributed by atoms with van der Waals surface area (Å²) >= 11 is 1.45. The van der Waals surface area contributed by atoms with Crippen LogP contribution in [0.15, 0.2) is 39.9 Å². The Bertz CT molecular complexity index is 998. The topological polar surface area (TPSA) is 86.8 Å². The quantitative estimate of drug-likeness (QED) is 0.774. The average molecular weight is 440 g/mol. The van der Waals surface area contributed by atoms with Crippen LogP contribution in [0.25, 0.3) is 0 Å². The van der Waals surface area contributed by atoms with Crippen molar-refractivity contribution in [2.75, 3.05) is 27.2 Å². The normalized spacial score (nSPS) is 15.5. The summed E-state index contributed by atoms with van der Waals surface area (Å²) in [4.78, 5) is 26.0. The molecule has 0 unspecified atom stereocenters. The Morgan fingerprint density at radius 2 is 1.86 bits per heavy atom. The monoisotopic (exact) mass is 439 g/mol. The minimum absolute atomic E-state index is 0.0376.